The van der Waals surface area contributed by atoms with Crippen molar-refractivity contribution >= 4 is 12.0 Å². The quantitative estimate of drug-likeness (QED) is 0.768. The lowest BCUT2D eigenvalue weighted by atomic mass is 10.0. The summed E-state index contributed by atoms with van der Waals surface area (Å²) in [7, 11) is 0. The average Bonchev–Trinajstić information content (AvgIpc) is 3.02. The third-order valence-corrected chi connectivity index (χ3v) is 3.43. The van der Waals surface area contributed by atoms with Crippen LogP contribution in [0.1, 0.15) is 32.6 Å². The number of amides is 2. The van der Waals surface area contributed by atoms with E-state index in [0.29, 0.717) is 19.1 Å². The number of piperidine rings is 1. The highest BCUT2D eigenvalue weighted by Crippen LogP contribution is 2.31. The van der Waals surface area contributed by atoms with Gasteiger partial charge in [-0.2, -0.15) is 0 Å². The van der Waals surface area contributed by atoms with Gasteiger partial charge in [0.1, 0.15) is 0 Å². The Morgan fingerprint density at radius 3 is 2.00 bits per heavy atom. The van der Waals surface area contributed by atoms with Gasteiger partial charge in [0.15, 0.2) is 0 Å². The molecule has 90 valence electrons. The Bertz CT molecular complexity index is 294. The molecule has 0 aromatic rings. The monoisotopic (exact) mass is 226 g/mol. The van der Waals surface area contributed by atoms with E-state index in [1.807, 2.05) is 4.90 Å². The number of carbonyl (C=O) groups is 2. The lowest BCUT2D eigenvalue weighted by Crippen LogP contribution is -2.48. The molecule has 1 aliphatic heterocycles. The number of carbonyl (C=O) groups excluding carboxylic acids is 1. The maximum absolute atomic E-state index is 11.5. The predicted octanol–water partition coefficient (Wildman–Crippen LogP) is 1.14. The minimum atomic E-state index is -0.848. The molecule has 16 heavy (non-hydrogen) atoms. The Kier molecular flexibility index (Phi) is 3.03. The van der Waals surface area contributed by atoms with E-state index in [1.54, 1.807) is 6.92 Å². The van der Waals surface area contributed by atoms with Crippen molar-refractivity contribution in [3.8, 4) is 0 Å². The Labute approximate surface area is 95.0 Å². The Hall–Kier alpha value is -1.26. The summed E-state index contributed by atoms with van der Waals surface area (Å²) in [6.45, 7) is 2.72. The van der Waals surface area contributed by atoms with Gasteiger partial charge in [-0.15, -0.1) is 0 Å². The van der Waals surface area contributed by atoms with Crippen LogP contribution in [0.4, 0.5) is 4.79 Å². The fraction of sp³-hybridized carbons (Fsp3) is 0.818. The first-order chi connectivity index (χ1) is 7.59. The molecule has 0 radical (unpaired) electrons. The van der Waals surface area contributed by atoms with Crippen LogP contribution < -0.4 is 0 Å². The summed E-state index contributed by atoms with van der Waals surface area (Å²) < 4.78 is 0. The molecule has 0 aromatic heterocycles. The average molecular weight is 226 g/mol. The van der Waals surface area contributed by atoms with Gasteiger partial charge in [0.25, 0.3) is 0 Å². The van der Waals surface area contributed by atoms with Crippen LogP contribution in [-0.4, -0.2) is 52.1 Å². The van der Waals surface area contributed by atoms with Crippen LogP contribution in [0, 0.1) is 0 Å². The third-order valence-electron chi connectivity index (χ3n) is 3.43. The fourth-order valence-electron chi connectivity index (χ4n) is 2.50. The molecule has 2 rings (SSSR count). The molecule has 5 nitrogen and oxygen atoms in total. The van der Waals surface area contributed by atoms with Gasteiger partial charge in [-0.05, 0) is 25.7 Å². The van der Waals surface area contributed by atoms with Gasteiger partial charge in [-0.1, -0.05) is 0 Å². The SMILES string of the molecule is CC(=O)N(C1CC1)C1CCN(C(=O)O)CC1. The number of hydrogen-bond donors (Lipinski definition) is 1. The second-order valence-electron chi connectivity index (χ2n) is 4.66. The molecule has 0 unspecified atom stereocenters. The highest BCUT2D eigenvalue weighted by Gasteiger charge is 2.37. The zero-order valence-electron chi connectivity index (χ0n) is 9.56. The van der Waals surface area contributed by atoms with Crippen molar-refractivity contribution < 1.29 is 14.7 Å². The molecule has 2 fully saturated rings. The predicted molar refractivity (Wildman–Crippen MR) is 58.2 cm³/mol. The lowest BCUT2D eigenvalue weighted by Gasteiger charge is -2.37. The molecule has 5 heteroatoms. The van der Waals surface area contributed by atoms with Gasteiger partial charge < -0.3 is 14.9 Å². The highest BCUT2D eigenvalue weighted by atomic mass is 16.4. The zero-order valence-corrected chi connectivity index (χ0v) is 9.56. The summed E-state index contributed by atoms with van der Waals surface area (Å²) in [5.74, 6) is 0.135. The van der Waals surface area contributed by atoms with E-state index in [4.69, 9.17) is 5.11 Å². The van der Waals surface area contributed by atoms with E-state index in [9.17, 15) is 9.59 Å². The van der Waals surface area contributed by atoms with Crippen LogP contribution in [0.25, 0.3) is 0 Å². The van der Waals surface area contributed by atoms with Crippen LogP contribution in [0.2, 0.25) is 0 Å². The van der Waals surface area contributed by atoms with E-state index in [-0.39, 0.29) is 11.9 Å². The molecular weight excluding hydrogens is 208 g/mol. The van der Waals surface area contributed by atoms with Crippen molar-refractivity contribution in [2.75, 3.05) is 13.1 Å². The summed E-state index contributed by atoms with van der Waals surface area (Å²) in [5, 5.41) is 8.84. The zero-order chi connectivity index (χ0) is 11.7. The van der Waals surface area contributed by atoms with Crippen LogP contribution >= 0.6 is 0 Å². The molecule has 0 aromatic carbocycles. The molecule has 1 aliphatic carbocycles. The number of hydrogen-bond acceptors (Lipinski definition) is 2. The Balaban J connectivity index is 1.91. The first-order valence-electron chi connectivity index (χ1n) is 5.86. The Morgan fingerprint density at radius 2 is 1.62 bits per heavy atom. The molecule has 1 saturated heterocycles. The smallest absolute Gasteiger partial charge is 0.407 e. The number of rotatable bonds is 2. The summed E-state index contributed by atoms with van der Waals surface area (Å²) >= 11 is 0. The van der Waals surface area contributed by atoms with Gasteiger partial charge >= 0.3 is 6.09 Å². The van der Waals surface area contributed by atoms with E-state index in [2.05, 4.69) is 0 Å². The number of nitrogens with zero attached hydrogens (tertiary/aromatic N) is 2. The molecular formula is C11H18N2O3. The lowest BCUT2D eigenvalue weighted by molar-refractivity contribution is -0.132. The molecule has 1 N–H and O–H groups in total. The van der Waals surface area contributed by atoms with Crippen LogP contribution in [0.5, 0.6) is 0 Å². The van der Waals surface area contributed by atoms with E-state index in [1.165, 1.54) is 4.90 Å². The van der Waals surface area contributed by atoms with Crippen molar-refractivity contribution in [3.05, 3.63) is 0 Å². The topological polar surface area (TPSA) is 60.9 Å². The summed E-state index contributed by atoms with van der Waals surface area (Å²) in [6.07, 6.45) is 2.93. The van der Waals surface area contributed by atoms with Crippen molar-refractivity contribution in [1.29, 1.82) is 0 Å². The van der Waals surface area contributed by atoms with Crippen LogP contribution in [0.3, 0.4) is 0 Å². The first-order valence-corrected chi connectivity index (χ1v) is 5.86. The second kappa shape index (κ2) is 4.31. The molecule has 1 saturated carbocycles. The van der Waals surface area contributed by atoms with E-state index in [0.717, 1.165) is 25.7 Å². The van der Waals surface area contributed by atoms with E-state index < -0.39 is 6.09 Å². The van der Waals surface area contributed by atoms with E-state index >= 15 is 0 Å². The van der Waals surface area contributed by atoms with Crippen LogP contribution in [0.15, 0.2) is 0 Å². The molecule has 0 atom stereocenters. The van der Waals surface area contributed by atoms with Gasteiger partial charge in [-0.3, -0.25) is 4.79 Å². The van der Waals surface area contributed by atoms with Gasteiger partial charge in [-0.25, -0.2) is 4.79 Å². The fourth-order valence-corrected chi connectivity index (χ4v) is 2.50. The van der Waals surface area contributed by atoms with Gasteiger partial charge in [0.05, 0.1) is 0 Å². The van der Waals surface area contributed by atoms with Gasteiger partial charge in [0.2, 0.25) is 5.91 Å². The van der Waals surface area contributed by atoms with Crippen LogP contribution in [-0.2, 0) is 4.79 Å². The summed E-state index contributed by atoms with van der Waals surface area (Å²) in [5.41, 5.74) is 0. The van der Waals surface area contributed by atoms with Crippen molar-refractivity contribution in [1.82, 2.24) is 9.80 Å². The van der Waals surface area contributed by atoms with Gasteiger partial charge in [0, 0.05) is 32.1 Å². The minimum Gasteiger partial charge on any atom is -0.465 e. The normalized spacial score (nSPS) is 21.9. The molecule has 0 spiro atoms. The minimum absolute atomic E-state index is 0.135. The first kappa shape index (κ1) is 11.2. The maximum atomic E-state index is 11.5. The third kappa shape index (κ3) is 2.28. The van der Waals surface area contributed by atoms with Crippen molar-refractivity contribution in [2.24, 2.45) is 0 Å². The number of carboxylic acid groups (broad SMARTS) is 1. The summed E-state index contributed by atoms with van der Waals surface area (Å²) in [4.78, 5) is 25.7. The largest absolute Gasteiger partial charge is 0.465 e. The molecule has 2 aliphatic rings. The Morgan fingerprint density at radius 1 is 1.12 bits per heavy atom. The van der Waals surface area contributed by atoms with Crippen molar-refractivity contribution in [2.45, 2.75) is 44.7 Å². The standard InChI is InChI=1S/C11H18N2O3/c1-8(14)13(9-2-3-9)10-4-6-12(7-5-10)11(15)16/h9-10H,2-7H2,1H3,(H,15,16). The second-order valence-corrected chi connectivity index (χ2v) is 4.66. The highest BCUT2D eigenvalue weighted by molar-refractivity contribution is 5.74. The molecule has 1 heterocycles. The maximum Gasteiger partial charge on any atom is 0.407 e. The number of likely N-dealkylation sites (tertiary alicyclic amines) is 1. The molecule has 2 amide bonds. The summed E-state index contributed by atoms with van der Waals surface area (Å²) in [6, 6.07) is 0.680. The van der Waals surface area contributed by atoms with Crippen molar-refractivity contribution in [3.63, 3.8) is 0 Å². The molecule has 0 bridgehead atoms.